The number of nitrogens with two attached hydrogens (primary N) is 1. The first-order chi connectivity index (χ1) is 13.2. The molecule has 0 amide bonds. The maximum absolute atomic E-state index is 5.83. The fourth-order valence-corrected chi connectivity index (χ4v) is 4.33. The minimum atomic E-state index is 0.383. The maximum atomic E-state index is 5.83. The Morgan fingerprint density at radius 2 is 2.19 bits per heavy atom. The number of nitrogens with zero attached hydrogens (tertiary/aromatic N) is 4. The molecule has 0 unspecified atom stereocenters. The standard InChI is InChI=1S/C19H26N6OS/c1-14-11-21-19(22-16-2-7-26-8-3-16)23-18(14)25-6-5-24(13-25)12-17-15(10-20)4-9-27-17/h4-6,9,11,16H,2-3,7-8,10,12-13,20H2,1H3,(H,21,22,23). The second-order valence-electron chi connectivity index (χ2n) is 6.96. The summed E-state index contributed by atoms with van der Waals surface area (Å²) in [7, 11) is 0. The van der Waals surface area contributed by atoms with Crippen LogP contribution in [0.25, 0.3) is 0 Å². The first-order valence-electron chi connectivity index (χ1n) is 9.35. The van der Waals surface area contributed by atoms with Gasteiger partial charge in [0.1, 0.15) is 5.82 Å². The zero-order valence-electron chi connectivity index (χ0n) is 15.6. The van der Waals surface area contributed by atoms with Crippen molar-refractivity contribution in [3.8, 4) is 0 Å². The summed E-state index contributed by atoms with van der Waals surface area (Å²) >= 11 is 1.76. The van der Waals surface area contributed by atoms with Crippen molar-refractivity contribution >= 4 is 23.1 Å². The first-order valence-corrected chi connectivity index (χ1v) is 10.2. The summed E-state index contributed by atoms with van der Waals surface area (Å²) in [4.78, 5) is 15.0. The highest BCUT2D eigenvalue weighted by atomic mass is 32.1. The molecule has 0 aliphatic carbocycles. The lowest BCUT2D eigenvalue weighted by molar-refractivity contribution is 0.0903. The number of aromatic nitrogens is 2. The number of anilines is 2. The third kappa shape index (κ3) is 4.23. The van der Waals surface area contributed by atoms with E-state index in [0.29, 0.717) is 18.5 Å². The normalized spacial score (nSPS) is 17.7. The molecule has 1 saturated heterocycles. The summed E-state index contributed by atoms with van der Waals surface area (Å²) in [5.74, 6) is 1.64. The van der Waals surface area contributed by atoms with Gasteiger partial charge in [-0.2, -0.15) is 4.98 Å². The molecule has 4 rings (SSSR count). The summed E-state index contributed by atoms with van der Waals surface area (Å²) in [6.07, 6.45) is 8.09. The molecule has 2 aromatic heterocycles. The Morgan fingerprint density at radius 3 is 3.00 bits per heavy atom. The summed E-state index contributed by atoms with van der Waals surface area (Å²) in [5.41, 5.74) is 8.13. The monoisotopic (exact) mass is 386 g/mol. The molecule has 27 heavy (non-hydrogen) atoms. The molecular weight excluding hydrogens is 360 g/mol. The third-order valence-electron chi connectivity index (χ3n) is 4.97. The Labute approximate surface area is 163 Å². The average molecular weight is 387 g/mol. The van der Waals surface area contributed by atoms with Crippen LogP contribution in [0.5, 0.6) is 0 Å². The Hall–Kier alpha value is -2.16. The number of ether oxygens (including phenoxy) is 1. The summed E-state index contributed by atoms with van der Waals surface area (Å²) in [6, 6.07) is 2.49. The molecule has 0 atom stereocenters. The van der Waals surface area contributed by atoms with Crippen LogP contribution in [0, 0.1) is 6.92 Å². The predicted molar refractivity (Wildman–Crippen MR) is 108 cm³/mol. The van der Waals surface area contributed by atoms with Crippen molar-refractivity contribution in [1.29, 1.82) is 0 Å². The number of rotatable bonds is 6. The fraction of sp³-hybridized carbons (Fsp3) is 0.474. The minimum absolute atomic E-state index is 0.383. The summed E-state index contributed by atoms with van der Waals surface area (Å²) in [6.45, 7) is 5.88. The Kier molecular flexibility index (Phi) is 5.56. The van der Waals surface area contributed by atoms with Crippen LogP contribution in [0.4, 0.5) is 11.8 Å². The predicted octanol–water partition coefficient (Wildman–Crippen LogP) is 2.65. The molecule has 0 spiro atoms. The van der Waals surface area contributed by atoms with E-state index in [1.165, 1.54) is 10.4 Å². The lowest BCUT2D eigenvalue weighted by Gasteiger charge is -2.25. The molecule has 1 fully saturated rings. The molecule has 0 aromatic carbocycles. The topological polar surface area (TPSA) is 79.5 Å². The zero-order chi connectivity index (χ0) is 18.6. The lowest BCUT2D eigenvalue weighted by Crippen LogP contribution is -2.29. The van der Waals surface area contributed by atoms with Gasteiger partial charge in [0.05, 0.1) is 13.2 Å². The van der Waals surface area contributed by atoms with Crippen LogP contribution >= 0.6 is 11.3 Å². The van der Waals surface area contributed by atoms with E-state index in [9.17, 15) is 0 Å². The van der Waals surface area contributed by atoms with Gasteiger partial charge in [0, 0.05) is 54.8 Å². The van der Waals surface area contributed by atoms with Gasteiger partial charge in [0.15, 0.2) is 0 Å². The van der Waals surface area contributed by atoms with E-state index < -0.39 is 0 Å². The Morgan fingerprint density at radius 1 is 1.33 bits per heavy atom. The zero-order valence-corrected chi connectivity index (χ0v) is 16.4. The molecule has 0 saturated carbocycles. The second kappa shape index (κ2) is 8.24. The smallest absolute Gasteiger partial charge is 0.224 e. The Bertz CT molecular complexity index is 801. The van der Waals surface area contributed by atoms with Gasteiger partial charge in [0.25, 0.3) is 0 Å². The lowest BCUT2D eigenvalue weighted by atomic mass is 10.1. The van der Waals surface area contributed by atoms with Gasteiger partial charge in [0.2, 0.25) is 5.95 Å². The number of nitrogens with one attached hydrogen (secondary N) is 1. The first kappa shape index (κ1) is 18.2. The van der Waals surface area contributed by atoms with Crippen molar-refractivity contribution in [2.24, 2.45) is 5.73 Å². The highest BCUT2D eigenvalue weighted by Crippen LogP contribution is 2.25. The maximum Gasteiger partial charge on any atom is 0.224 e. The van der Waals surface area contributed by atoms with Crippen LogP contribution in [0.3, 0.4) is 0 Å². The fourth-order valence-electron chi connectivity index (χ4n) is 3.39. The van der Waals surface area contributed by atoms with Crippen LogP contribution in [0.15, 0.2) is 30.0 Å². The number of thiophene rings is 1. The highest BCUT2D eigenvalue weighted by molar-refractivity contribution is 7.10. The van der Waals surface area contributed by atoms with Crippen molar-refractivity contribution in [3.63, 3.8) is 0 Å². The molecule has 0 bridgehead atoms. The van der Waals surface area contributed by atoms with Crippen LogP contribution in [-0.4, -0.2) is 40.8 Å². The van der Waals surface area contributed by atoms with Crippen molar-refractivity contribution in [2.45, 2.75) is 38.9 Å². The van der Waals surface area contributed by atoms with E-state index in [4.69, 9.17) is 15.5 Å². The van der Waals surface area contributed by atoms with Gasteiger partial charge in [-0.25, -0.2) is 4.98 Å². The quantitative estimate of drug-likeness (QED) is 0.790. The van der Waals surface area contributed by atoms with Gasteiger partial charge in [-0.15, -0.1) is 11.3 Å². The van der Waals surface area contributed by atoms with Crippen LogP contribution in [0.2, 0.25) is 0 Å². The molecule has 0 radical (unpaired) electrons. The largest absolute Gasteiger partial charge is 0.381 e. The molecule has 2 aromatic rings. The third-order valence-corrected chi connectivity index (χ3v) is 5.92. The molecule has 3 N–H and O–H groups in total. The van der Waals surface area contributed by atoms with Crippen molar-refractivity contribution < 1.29 is 4.74 Å². The van der Waals surface area contributed by atoms with Crippen molar-refractivity contribution in [3.05, 3.63) is 46.0 Å². The van der Waals surface area contributed by atoms with Gasteiger partial charge in [-0.05, 0) is 36.8 Å². The molecular formula is C19H26N6OS. The van der Waals surface area contributed by atoms with Gasteiger partial charge in [-0.1, -0.05) is 0 Å². The van der Waals surface area contributed by atoms with E-state index in [1.54, 1.807) is 11.3 Å². The van der Waals surface area contributed by atoms with Crippen LogP contribution in [0.1, 0.15) is 28.8 Å². The molecule has 144 valence electrons. The average Bonchev–Trinajstić information content (AvgIpc) is 3.34. The molecule has 7 nitrogen and oxygen atoms in total. The molecule has 4 heterocycles. The van der Waals surface area contributed by atoms with E-state index in [0.717, 1.165) is 50.7 Å². The van der Waals surface area contributed by atoms with Crippen molar-refractivity contribution in [2.75, 3.05) is 30.1 Å². The number of hydrogen-bond acceptors (Lipinski definition) is 8. The van der Waals surface area contributed by atoms with Gasteiger partial charge >= 0.3 is 0 Å². The molecule has 2 aliphatic heterocycles. The number of hydrogen-bond donors (Lipinski definition) is 2. The molecule has 2 aliphatic rings. The van der Waals surface area contributed by atoms with Gasteiger partial charge < -0.3 is 25.6 Å². The molecule has 8 heteroatoms. The van der Waals surface area contributed by atoms with E-state index >= 15 is 0 Å². The number of aryl methyl sites for hydroxylation is 1. The van der Waals surface area contributed by atoms with Crippen LogP contribution in [-0.2, 0) is 17.8 Å². The van der Waals surface area contributed by atoms with Crippen LogP contribution < -0.4 is 16.0 Å². The SMILES string of the molecule is Cc1cnc(NC2CCOCC2)nc1N1C=CN(Cc2sccc2CN)C1. The van der Waals surface area contributed by atoms with E-state index in [-0.39, 0.29) is 0 Å². The summed E-state index contributed by atoms with van der Waals surface area (Å²) in [5, 5.41) is 5.56. The highest BCUT2D eigenvalue weighted by Gasteiger charge is 2.20. The van der Waals surface area contributed by atoms with Crippen molar-refractivity contribution in [1.82, 2.24) is 14.9 Å². The second-order valence-corrected chi connectivity index (χ2v) is 7.96. The minimum Gasteiger partial charge on any atom is -0.381 e. The van der Waals surface area contributed by atoms with Gasteiger partial charge in [-0.3, -0.25) is 0 Å². The summed E-state index contributed by atoms with van der Waals surface area (Å²) < 4.78 is 5.42. The van der Waals surface area contributed by atoms with E-state index in [2.05, 4.69) is 50.9 Å². The Balaban J connectivity index is 1.42. The van der Waals surface area contributed by atoms with E-state index in [1.807, 2.05) is 6.20 Å².